The Bertz CT molecular complexity index is 332. The summed E-state index contributed by atoms with van der Waals surface area (Å²) in [6, 6.07) is 0.119. The lowest BCUT2D eigenvalue weighted by Crippen LogP contribution is -2.47. The van der Waals surface area contributed by atoms with Crippen molar-refractivity contribution in [3.63, 3.8) is 0 Å². The molecule has 1 amide bonds. The normalized spacial score (nSPS) is 24.1. The van der Waals surface area contributed by atoms with Crippen LogP contribution in [0.15, 0.2) is 0 Å². The quantitative estimate of drug-likeness (QED) is 0.778. The minimum atomic E-state index is -0.834. The average Bonchev–Trinajstić information content (AvgIpc) is 2.46. The van der Waals surface area contributed by atoms with Crippen LogP contribution in [0.25, 0.3) is 0 Å². The first-order valence-corrected chi connectivity index (χ1v) is 7.55. The Kier molecular flexibility index (Phi) is 6.99. The predicted octanol–water partition coefficient (Wildman–Crippen LogP) is 2.15. The third-order valence-corrected chi connectivity index (χ3v) is 4.34. The number of aliphatic carboxylic acids is 1. The zero-order valence-corrected chi connectivity index (χ0v) is 12.8. The molecule has 116 valence electrons. The van der Waals surface area contributed by atoms with Gasteiger partial charge in [0, 0.05) is 19.7 Å². The molecule has 1 aliphatic carbocycles. The highest BCUT2D eigenvalue weighted by Crippen LogP contribution is 2.32. The highest BCUT2D eigenvalue weighted by molar-refractivity contribution is 5.85. The molecule has 5 nitrogen and oxygen atoms in total. The number of carbonyl (C=O) groups is 2. The number of hydrogen-bond acceptors (Lipinski definition) is 3. The standard InChI is InChI=1S/C15H27NO4/c1-4-11(2)16(9-10-20-3)14(17)12-7-5-6-8-13(12)15(18)19/h11-13H,4-10H2,1-3H3,(H,18,19). The fraction of sp³-hybridized carbons (Fsp3) is 0.867. The van der Waals surface area contributed by atoms with Gasteiger partial charge in [-0.2, -0.15) is 0 Å². The summed E-state index contributed by atoms with van der Waals surface area (Å²) in [6.07, 6.45) is 4.01. The maximum absolute atomic E-state index is 12.7. The van der Waals surface area contributed by atoms with Gasteiger partial charge in [0.2, 0.25) is 5.91 Å². The van der Waals surface area contributed by atoms with Crippen molar-refractivity contribution in [1.82, 2.24) is 4.90 Å². The van der Waals surface area contributed by atoms with Crippen LogP contribution in [0.3, 0.4) is 0 Å². The summed E-state index contributed by atoms with van der Waals surface area (Å²) in [4.78, 5) is 25.9. The molecule has 0 spiro atoms. The van der Waals surface area contributed by atoms with E-state index in [-0.39, 0.29) is 17.9 Å². The molecule has 1 saturated carbocycles. The summed E-state index contributed by atoms with van der Waals surface area (Å²) in [5.41, 5.74) is 0. The number of hydrogen-bond donors (Lipinski definition) is 1. The largest absolute Gasteiger partial charge is 0.481 e. The Morgan fingerprint density at radius 2 is 1.90 bits per heavy atom. The lowest BCUT2D eigenvalue weighted by molar-refractivity contribution is -0.153. The van der Waals surface area contributed by atoms with Crippen LogP contribution < -0.4 is 0 Å². The second kappa shape index (κ2) is 8.25. The van der Waals surface area contributed by atoms with E-state index in [1.165, 1.54) is 0 Å². The van der Waals surface area contributed by atoms with Crippen molar-refractivity contribution in [2.75, 3.05) is 20.3 Å². The van der Waals surface area contributed by atoms with E-state index in [4.69, 9.17) is 4.74 Å². The topological polar surface area (TPSA) is 66.8 Å². The summed E-state index contributed by atoms with van der Waals surface area (Å²) in [7, 11) is 1.61. The highest BCUT2D eigenvalue weighted by atomic mass is 16.5. The Morgan fingerprint density at radius 1 is 1.30 bits per heavy atom. The van der Waals surface area contributed by atoms with Crippen molar-refractivity contribution in [2.45, 2.75) is 52.0 Å². The molecule has 0 aliphatic heterocycles. The lowest BCUT2D eigenvalue weighted by atomic mass is 9.78. The minimum Gasteiger partial charge on any atom is -0.481 e. The molecular formula is C15H27NO4. The minimum absolute atomic E-state index is 0.0106. The molecule has 1 N–H and O–H groups in total. The van der Waals surface area contributed by atoms with Crippen LogP contribution in [-0.2, 0) is 14.3 Å². The van der Waals surface area contributed by atoms with Crippen LogP contribution in [0.1, 0.15) is 46.0 Å². The summed E-state index contributed by atoms with van der Waals surface area (Å²) in [5, 5.41) is 9.32. The van der Waals surface area contributed by atoms with E-state index in [0.717, 1.165) is 19.3 Å². The molecule has 0 heterocycles. The van der Waals surface area contributed by atoms with Crippen molar-refractivity contribution in [3.05, 3.63) is 0 Å². The molecule has 1 fully saturated rings. The van der Waals surface area contributed by atoms with Gasteiger partial charge in [0.25, 0.3) is 0 Å². The summed E-state index contributed by atoms with van der Waals surface area (Å²) < 4.78 is 5.07. The van der Waals surface area contributed by atoms with Crippen LogP contribution in [0.5, 0.6) is 0 Å². The molecule has 5 heteroatoms. The number of carboxylic acid groups (broad SMARTS) is 1. The fourth-order valence-electron chi connectivity index (χ4n) is 2.89. The van der Waals surface area contributed by atoms with E-state index in [1.54, 1.807) is 12.0 Å². The molecule has 3 unspecified atom stereocenters. The van der Waals surface area contributed by atoms with E-state index < -0.39 is 11.9 Å². The van der Waals surface area contributed by atoms with E-state index in [9.17, 15) is 14.7 Å². The molecule has 0 aromatic rings. The second-order valence-corrected chi connectivity index (χ2v) is 5.62. The smallest absolute Gasteiger partial charge is 0.307 e. The maximum atomic E-state index is 12.7. The van der Waals surface area contributed by atoms with Crippen molar-refractivity contribution >= 4 is 11.9 Å². The van der Waals surface area contributed by atoms with Crippen LogP contribution in [-0.4, -0.2) is 48.2 Å². The lowest BCUT2D eigenvalue weighted by Gasteiger charge is -2.35. The molecule has 3 atom stereocenters. The average molecular weight is 285 g/mol. The highest BCUT2D eigenvalue weighted by Gasteiger charge is 2.38. The van der Waals surface area contributed by atoms with Gasteiger partial charge in [-0.05, 0) is 26.2 Å². The van der Waals surface area contributed by atoms with Gasteiger partial charge >= 0.3 is 5.97 Å². The van der Waals surface area contributed by atoms with Gasteiger partial charge < -0.3 is 14.7 Å². The van der Waals surface area contributed by atoms with E-state index in [0.29, 0.717) is 26.0 Å². The summed E-state index contributed by atoms with van der Waals surface area (Å²) in [6.45, 7) is 5.06. The SMILES string of the molecule is CCC(C)N(CCOC)C(=O)C1CCCCC1C(=O)O. The van der Waals surface area contributed by atoms with Crippen molar-refractivity contribution in [1.29, 1.82) is 0 Å². The number of carboxylic acids is 1. The van der Waals surface area contributed by atoms with Gasteiger partial charge in [-0.25, -0.2) is 0 Å². The monoisotopic (exact) mass is 285 g/mol. The number of amides is 1. The number of methoxy groups -OCH3 is 1. The Labute approximate surface area is 121 Å². The van der Waals surface area contributed by atoms with Gasteiger partial charge in [0.15, 0.2) is 0 Å². The van der Waals surface area contributed by atoms with Crippen molar-refractivity contribution in [3.8, 4) is 0 Å². The third-order valence-electron chi connectivity index (χ3n) is 4.34. The first kappa shape index (κ1) is 17.0. The fourth-order valence-corrected chi connectivity index (χ4v) is 2.89. The Hall–Kier alpha value is -1.10. The van der Waals surface area contributed by atoms with Crippen molar-refractivity contribution < 1.29 is 19.4 Å². The Morgan fingerprint density at radius 3 is 2.40 bits per heavy atom. The molecule has 1 aliphatic rings. The van der Waals surface area contributed by atoms with Gasteiger partial charge in [-0.1, -0.05) is 19.8 Å². The van der Waals surface area contributed by atoms with Crippen LogP contribution in [0, 0.1) is 11.8 Å². The van der Waals surface area contributed by atoms with Gasteiger partial charge in [-0.15, -0.1) is 0 Å². The predicted molar refractivity (Wildman–Crippen MR) is 76.4 cm³/mol. The van der Waals surface area contributed by atoms with Crippen LogP contribution in [0.4, 0.5) is 0 Å². The van der Waals surface area contributed by atoms with Gasteiger partial charge in [-0.3, -0.25) is 9.59 Å². The first-order valence-electron chi connectivity index (χ1n) is 7.55. The van der Waals surface area contributed by atoms with Crippen LogP contribution >= 0.6 is 0 Å². The molecule has 0 saturated heterocycles. The molecule has 20 heavy (non-hydrogen) atoms. The molecule has 0 bridgehead atoms. The molecule has 0 aromatic carbocycles. The summed E-state index contributed by atoms with van der Waals surface area (Å²) >= 11 is 0. The Balaban J connectivity index is 2.82. The number of nitrogens with zero attached hydrogens (tertiary/aromatic N) is 1. The number of rotatable bonds is 7. The third kappa shape index (κ3) is 4.20. The van der Waals surface area contributed by atoms with Crippen LogP contribution in [0.2, 0.25) is 0 Å². The van der Waals surface area contributed by atoms with Gasteiger partial charge in [0.05, 0.1) is 18.4 Å². The zero-order chi connectivity index (χ0) is 15.1. The number of carbonyl (C=O) groups excluding carboxylic acids is 1. The molecule has 1 rings (SSSR count). The first-order chi connectivity index (χ1) is 9.52. The molecular weight excluding hydrogens is 258 g/mol. The number of ether oxygens (including phenoxy) is 1. The van der Waals surface area contributed by atoms with Gasteiger partial charge in [0.1, 0.15) is 0 Å². The van der Waals surface area contributed by atoms with E-state index >= 15 is 0 Å². The summed E-state index contributed by atoms with van der Waals surface area (Å²) in [5.74, 6) is -1.74. The second-order valence-electron chi connectivity index (χ2n) is 5.62. The van der Waals surface area contributed by atoms with E-state index in [1.807, 2.05) is 13.8 Å². The van der Waals surface area contributed by atoms with Crippen molar-refractivity contribution in [2.24, 2.45) is 11.8 Å². The maximum Gasteiger partial charge on any atom is 0.307 e. The van der Waals surface area contributed by atoms with E-state index in [2.05, 4.69) is 0 Å². The zero-order valence-electron chi connectivity index (χ0n) is 12.8. The molecule has 0 aromatic heterocycles. The molecule has 0 radical (unpaired) electrons.